The molecule has 0 saturated carbocycles. The van der Waals surface area contributed by atoms with Crippen molar-refractivity contribution in [2.45, 2.75) is 0 Å². The third-order valence-corrected chi connectivity index (χ3v) is 2.46. The third-order valence-electron chi connectivity index (χ3n) is 2.26. The maximum Gasteiger partial charge on any atom is 0.356 e. The Hall–Kier alpha value is -1.95. The van der Waals surface area contributed by atoms with Gasteiger partial charge in [-0.25, -0.2) is 9.18 Å². The monoisotopic (exact) mass is 252 g/mol. The van der Waals surface area contributed by atoms with Gasteiger partial charge in [-0.05, 0) is 24.4 Å². The number of esters is 1. The van der Waals surface area contributed by atoms with Gasteiger partial charge in [-0.15, -0.1) is 0 Å². The highest BCUT2D eigenvalue weighted by molar-refractivity contribution is 7.71. The maximum absolute atomic E-state index is 13.6. The molecule has 0 aliphatic carbocycles. The number of benzene rings is 1. The summed E-state index contributed by atoms with van der Waals surface area (Å²) >= 11 is 4.89. The lowest BCUT2D eigenvalue weighted by Crippen LogP contribution is -2.04. The molecule has 17 heavy (non-hydrogen) atoms. The smallest absolute Gasteiger partial charge is 0.356 e. The van der Waals surface area contributed by atoms with Gasteiger partial charge in [0.1, 0.15) is 5.82 Å². The van der Waals surface area contributed by atoms with Crippen LogP contribution < -0.4 is 0 Å². The van der Waals surface area contributed by atoms with Gasteiger partial charge < -0.3 is 14.7 Å². The number of carbonyl (C=O) groups excluding carboxylic acids is 1. The van der Waals surface area contributed by atoms with E-state index in [4.69, 9.17) is 12.2 Å². The van der Waals surface area contributed by atoms with Crippen molar-refractivity contribution in [1.29, 1.82) is 0 Å². The molecule has 0 aliphatic rings. The van der Waals surface area contributed by atoms with E-state index in [0.717, 1.165) is 0 Å². The summed E-state index contributed by atoms with van der Waals surface area (Å²) in [5.41, 5.74) is 0.669. The van der Waals surface area contributed by atoms with Crippen LogP contribution in [0.4, 0.5) is 4.39 Å². The molecular weight excluding hydrogens is 243 g/mol. The maximum atomic E-state index is 13.6. The molecule has 0 unspecified atom stereocenters. The normalized spacial score (nSPS) is 10.2. The van der Waals surface area contributed by atoms with Crippen LogP contribution in [0.5, 0.6) is 0 Å². The van der Waals surface area contributed by atoms with Crippen molar-refractivity contribution in [3.05, 3.63) is 40.5 Å². The van der Waals surface area contributed by atoms with Crippen molar-refractivity contribution in [1.82, 2.24) is 9.97 Å². The number of carbonyl (C=O) groups is 1. The zero-order chi connectivity index (χ0) is 12.4. The Labute approximate surface area is 101 Å². The van der Waals surface area contributed by atoms with Gasteiger partial charge in [0.15, 0.2) is 10.5 Å². The first-order valence-corrected chi connectivity index (χ1v) is 5.20. The molecular formula is C11H9FN2O2S. The summed E-state index contributed by atoms with van der Waals surface area (Å²) in [6, 6.07) is 6.10. The number of rotatable bonds is 2. The average Bonchev–Trinajstić information content (AvgIpc) is 2.71. The minimum atomic E-state index is -0.601. The van der Waals surface area contributed by atoms with Gasteiger partial charge in [0.05, 0.1) is 12.8 Å². The van der Waals surface area contributed by atoms with Crippen LogP contribution in [-0.2, 0) is 4.74 Å². The van der Waals surface area contributed by atoms with E-state index >= 15 is 0 Å². The standard InChI is InChI=1S/C11H9FN2O2S/c1-16-10(15)9-8(13-11(17)14-9)6-4-2-3-5-7(6)12/h2-5H,1H3,(H2,13,14,17). The number of aromatic nitrogens is 2. The lowest BCUT2D eigenvalue weighted by Gasteiger charge is -2.02. The van der Waals surface area contributed by atoms with Gasteiger partial charge in [-0.3, -0.25) is 0 Å². The van der Waals surface area contributed by atoms with Gasteiger partial charge >= 0.3 is 5.97 Å². The summed E-state index contributed by atoms with van der Waals surface area (Å²) in [7, 11) is 1.25. The van der Waals surface area contributed by atoms with E-state index in [0.29, 0.717) is 5.69 Å². The first-order chi connectivity index (χ1) is 8.13. The Balaban J connectivity index is 2.64. The first kappa shape index (κ1) is 11.5. The molecule has 6 heteroatoms. The first-order valence-electron chi connectivity index (χ1n) is 4.79. The molecule has 0 bridgehead atoms. The van der Waals surface area contributed by atoms with E-state index in [-0.39, 0.29) is 16.0 Å². The Kier molecular flexibility index (Phi) is 3.06. The summed E-state index contributed by atoms with van der Waals surface area (Å²) in [5, 5.41) is 0. The van der Waals surface area contributed by atoms with Crippen LogP contribution in [0, 0.1) is 10.6 Å². The van der Waals surface area contributed by atoms with Gasteiger partial charge in [0.25, 0.3) is 0 Å². The number of nitrogens with one attached hydrogen (secondary N) is 2. The second-order valence-corrected chi connectivity index (χ2v) is 3.71. The van der Waals surface area contributed by atoms with Crippen LogP contribution in [-0.4, -0.2) is 23.0 Å². The second-order valence-electron chi connectivity index (χ2n) is 3.30. The van der Waals surface area contributed by atoms with Crippen molar-refractivity contribution in [3.8, 4) is 11.3 Å². The third kappa shape index (κ3) is 2.12. The topological polar surface area (TPSA) is 57.9 Å². The van der Waals surface area contributed by atoms with E-state index in [1.807, 2.05) is 0 Å². The van der Waals surface area contributed by atoms with Crippen LogP contribution in [0.15, 0.2) is 24.3 Å². The summed E-state index contributed by atoms with van der Waals surface area (Å²) in [6.07, 6.45) is 0. The number of hydrogen-bond donors (Lipinski definition) is 2. The quantitative estimate of drug-likeness (QED) is 0.638. The predicted molar refractivity (Wildman–Crippen MR) is 62.7 cm³/mol. The SMILES string of the molecule is COC(=O)c1[nH]c(=S)[nH]c1-c1ccccc1F. The van der Waals surface area contributed by atoms with Crippen molar-refractivity contribution in [3.63, 3.8) is 0 Å². The second kappa shape index (κ2) is 4.50. The molecule has 4 nitrogen and oxygen atoms in total. The summed E-state index contributed by atoms with van der Waals surface area (Å²) in [4.78, 5) is 16.9. The lowest BCUT2D eigenvalue weighted by molar-refractivity contribution is 0.0595. The van der Waals surface area contributed by atoms with Gasteiger partial charge in [0.2, 0.25) is 0 Å². The van der Waals surface area contributed by atoms with Crippen molar-refractivity contribution < 1.29 is 13.9 Å². The average molecular weight is 252 g/mol. The Morgan fingerprint density at radius 3 is 2.71 bits per heavy atom. The molecule has 88 valence electrons. The van der Waals surface area contributed by atoms with Crippen molar-refractivity contribution in [2.24, 2.45) is 0 Å². The minimum absolute atomic E-state index is 0.114. The molecule has 1 heterocycles. The van der Waals surface area contributed by atoms with Crippen LogP contribution in [0.25, 0.3) is 11.3 Å². The Morgan fingerprint density at radius 1 is 1.35 bits per heavy atom. The fourth-order valence-electron chi connectivity index (χ4n) is 1.50. The van der Waals surface area contributed by atoms with E-state index < -0.39 is 11.8 Å². The van der Waals surface area contributed by atoms with Crippen LogP contribution in [0.1, 0.15) is 10.5 Å². The van der Waals surface area contributed by atoms with Crippen LogP contribution >= 0.6 is 12.2 Å². The van der Waals surface area contributed by atoms with Gasteiger partial charge in [-0.2, -0.15) is 0 Å². The molecule has 0 spiro atoms. The van der Waals surface area contributed by atoms with Crippen molar-refractivity contribution >= 4 is 18.2 Å². The summed E-state index contributed by atoms with van der Waals surface area (Å²) in [5.74, 6) is -1.04. The predicted octanol–water partition coefficient (Wildman–Crippen LogP) is 2.66. The number of ether oxygens (including phenoxy) is 1. The zero-order valence-electron chi connectivity index (χ0n) is 8.91. The van der Waals surface area contributed by atoms with Crippen LogP contribution in [0.2, 0.25) is 0 Å². The van der Waals surface area contributed by atoms with E-state index in [2.05, 4.69) is 14.7 Å². The van der Waals surface area contributed by atoms with Crippen molar-refractivity contribution in [2.75, 3.05) is 7.11 Å². The molecule has 0 atom stereocenters. The van der Waals surface area contributed by atoms with Crippen LogP contribution in [0.3, 0.4) is 0 Å². The minimum Gasteiger partial charge on any atom is -0.464 e. The highest BCUT2D eigenvalue weighted by Gasteiger charge is 2.18. The number of hydrogen-bond acceptors (Lipinski definition) is 3. The molecule has 0 amide bonds. The summed E-state index contributed by atoms with van der Waals surface area (Å²) in [6.45, 7) is 0. The van der Waals surface area contributed by atoms with E-state index in [9.17, 15) is 9.18 Å². The molecule has 0 saturated heterocycles. The molecule has 0 aliphatic heterocycles. The number of methoxy groups -OCH3 is 1. The lowest BCUT2D eigenvalue weighted by atomic mass is 10.1. The number of H-pyrrole nitrogens is 2. The Morgan fingerprint density at radius 2 is 2.06 bits per heavy atom. The molecule has 2 rings (SSSR count). The number of aromatic amines is 2. The number of halogens is 1. The highest BCUT2D eigenvalue weighted by atomic mass is 32.1. The molecule has 2 aromatic rings. The zero-order valence-corrected chi connectivity index (χ0v) is 9.73. The fraction of sp³-hybridized carbons (Fsp3) is 0.0909. The molecule has 0 fully saturated rings. The molecule has 1 aromatic heterocycles. The molecule has 0 radical (unpaired) electrons. The molecule has 2 N–H and O–H groups in total. The van der Waals surface area contributed by atoms with Gasteiger partial charge in [0, 0.05) is 5.56 Å². The fourth-order valence-corrected chi connectivity index (χ4v) is 1.71. The molecule has 1 aromatic carbocycles. The summed E-state index contributed by atoms with van der Waals surface area (Å²) < 4.78 is 18.4. The largest absolute Gasteiger partial charge is 0.464 e. The highest BCUT2D eigenvalue weighted by Crippen LogP contribution is 2.24. The van der Waals surface area contributed by atoms with Gasteiger partial charge in [-0.1, -0.05) is 12.1 Å². The van der Waals surface area contributed by atoms with E-state index in [1.165, 1.54) is 13.2 Å². The number of imidazole rings is 1. The Bertz CT molecular complexity index is 618. The van der Waals surface area contributed by atoms with E-state index in [1.54, 1.807) is 18.2 Å².